The summed E-state index contributed by atoms with van der Waals surface area (Å²) in [6.45, 7) is 2.41. The zero-order valence-electron chi connectivity index (χ0n) is 14.8. The van der Waals surface area contributed by atoms with E-state index in [1.165, 1.54) is 13.1 Å². The van der Waals surface area contributed by atoms with Crippen molar-refractivity contribution in [3.8, 4) is 0 Å². The Balaban J connectivity index is 1.45. The molecule has 2 heterocycles. The van der Waals surface area contributed by atoms with Crippen molar-refractivity contribution in [3.63, 3.8) is 0 Å². The van der Waals surface area contributed by atoms with E-state index in [4.69, 9.17) is 0 Å². The smallest absolute Gasteiger partial charge is 0.252 e. The molecule has 1 saturated heterocycles. The monoisotopic (exact) mass is 400 g/mol. The third kappa shape index (κ3) is 4.81. The molecule has 3 rings (SSSR count). The zero-order valence-corrected chi connectivity index (χ0v) is 16.4. The number of carbonyl (C=O) groups is 2. The maximum atomic E-state index is 12.4. The molecule has 0 spiro atoms. The summed E-state index contributed by atoms with van der Waals surface area (Å²) >= 11 is 1.14. The van der Waals surface area contributed by atoms with Crippen LogP contribution in [0.25, 0.3) is 0 Å². The largest absolute Gasteiger partial charge is 0.352 e. The lowest BCUT2D eigenvalue weighted by molar-refractivity contribution is -0.133. The van der Waals surface area contributed by atoms with Crippen LogP contribution in [0.15, 0.2) is 21.7 Å². The van der Waals surface area contributed by atoms with E-state index in [1.807, 2.05) is 4.90 Å². The van der Waals surface area contributed by atoms with Gasteiger partial charge in [-0.15, -0.1) is 11.3 Å². The van der Waals surface area contributed by atoms with Gasteiger partial charge in [-0.1, -0.05) is 6.07 Å². The van der Waals surface area contributed by atoms with Gasteiger partial charge in [-0.2, -0.15) is 4.31 Å². The number of hydrogen-bond donors (Lipinski definition) is 1. The highest BCUT2D eigenvalue weighted by Crippen LogP contribution is 2.20. The first-order valence-electron chi connectivity index (χ1n) is 8.65. The lowest BCUT2D eigenvalue weighted by atomic mass is 10.3. The number of thiophene rings is 1. The molecule has 0 atom stereocenters. The zero-order chi connectivity index (χ0) is 18.7. The predicted molar refractivity (Wildman–Crippen MR) is 98.3 cm³/mol. The molecule has 1 N–H and O–H groups in total. The van der Waals surface area contributed by atoms with Crippen LogP contribution in [0.1, 0.15) is 12.8 Å². The molecule has 0 bridgehead atoms. The SMILES string of the molecule is CN(CC(=O)N1CCN(CC(=O)NC2CC2)CC1)S(=O)(=O)c1cccs1. The van der Waals surface area contributed by atoms with Gasteiger partial charge < -0.3 is 10.2 Å². The molecule has 2 fully saturated rings. The van der Waals surface area contributed by atoms with E-state index in [2.05, 4.69) is 5.32 Å². The van der Waals surface area contributed by atoms with Crippen LogP contribution in [0.3, 0.4) is 0 Å². The van der Waals surface area contributed by atoms with Crippen molar-refractivity contribution in [1.82, 2.24) is 19.4 Å². The highest BCUT2D eigenvalue weighted by Gasteiger charge is 2.29. The van der Waals surface area contributed by atoms with Gasteiger partial charge in [0.1, 0.15) is 4.21 Å². The van der Waals surface area contributed by atoms with Crippen molar-refractivity contribution < 1.29 is 18.0 Å². The summed E-state index contributed by atoms with van der Waals surface area (Å²) in [4.78, 5) is 28.0. The molecule has 1 aromatic rings. The van der Waals surface area contributed by atoms with Gasteiger partial charge in [-0.25, -0.2) is 8.42 Å². The van der Waals surface area contributed by atoms with E-state index in [1.54, 1.807) is 16.3 Å². The number of amides is 2. The van der Waals surface area contributed by atoms with Gasteiger partial charge in [-0.3, -0.25) is 14.5 Å². The van der Waals surface area contributed by atoms with E-state index in [-0.39, 0.29) is 22.6 Å². The lowest BCUT2D eigenvalue weighted by Crippen LogP contribution is -2.53. The van der Waals surface area contributed by atoms with Gasteiger partial charge >= 0.3 is 0 Å². The minimum atomic E-state index is -3.62. The molecule has 0 unspecified atom stereocenters. The van der Waals surface area contributed by atoms with Gasteiger partial charge in [0, 0.05) is 39.3 Å². The Morgan fingerprint density at radius 1 is 1.27 bits per heavy atom. The van der Waals surface area contributed by atoms with E-state index in [0.717, 1.165) is 28.5 Å². The Kier molecular flexibility index (Phi) is 5.96. The minimum absolute atomic E-state index is 0.0362. The summed E-state index contributed by atoms with van der Waals surface area (Å²) in [5, 5.41) is 4.65. The summed E-state index contributed by atoms with van der Waals surface area (Å²) in [7, 11) is -2.20. The van der Waals surface area contributed by atoms with E-state index in [9.17, 15) is 18.0 Å². The molecule has 1 saturated carbocycles. The molecular formula is C16H24N4O4S2. The van der Waals surface area contributed by atoms with Crippen molar-refractivity contribution in [1.29, 1.82) is 0 Å². The van der Waals surface area contributed by atoms with Crippen LogP contribution in [-0.2, 0) is 19.6 Å². The Hall–Kier alpha value is -1.49. The van der Waals surface area contributed by atoms with Gasteiger partial charge in [0.15, 0.2) is 0 Å². The van der Waals surface area contributed by atoms with Crippen LogP contribution in [-0.4, -0.2) is 86.7 Å². The fraction of sp³-hybridized carbons (Fsp3) is 0.625. The molecule has 0 radical (unpaired) electrons. The van der Waals surface area contributed by atoms with E-state index < -0.39 is 10.0 Å². The Morgan fingerprint density at radius 2 is 1.96 bits per heavy atom. The van der Waals surface area contributed by atoms with Crippen LogP contribution in [0.2, 0.25) is 0 Å². The van der Waals surface area contributed by atoms with Gasteiger partial charge in [0.2, 0.25) is 11.8 Å². The Bertz CT molecular complexity index is 738. The maximum Gasteiger partial charge on any atom is 0.252 e. The second-order valence-electron chi connectivity index (χ2n) is 6.69. The van der Waals surface area contributed by atoms with Crippen LogP contribution in [0.5, 0.6) is 0 Å². The number of piperazine rings is 1. The second kappa shape index (κ2) is 8.03. The number of sulfonamides is 1. The summed E-state index contributed by atoms with van der Waals surface area (Å²) in [5.74, 6) is -0.177. The fourth-order valence-corrected chi connectivity index (χ4v) is 5.12. The summed E-state index contributed by atoms with van der Waals surface area (Å²) in [5.41, 5.74) is 0. The number of carbonyl (C=O) groups excluding carboxylic acids is 2. The predicted octanol–water partition coefficient (Wildman–Crippen LogP) is -0.209. The molecule has 144 valence electrons. The highest BCUT2D eigenvalue weighted by molar-refractivity contribution is 7.91. The molecule has 10 heteroatoms. The Labute approximate surface area is 157 Å². The van der Waals surface area contributed by atoms with Crippen molar-refractivity contribution in [2.75, 3.05) is 46.3 Å². The molecule has 1 aliphatic heterocycles. The van der Waals surface area contributed by atoms with Crippen LogP contribution in [0.4, 0.5) is 0 Å². The standard InChI is InChI=1S/C16H24N4O4S2/c1-18(26(23,24)16-3-2-10-25-16)12-15(22)20-8-6-19(7-9-20)11-14(21)17-13-4-5-13/h2-3,10,13H,4-9,11-12H2,1H3,(H,17,21). The van der Waals surface area contributed by atoms with E-state index in [0.29, 0.717) is 38.8 Å². The highest BCUT2D eigenvalue weighted by atomic mass is 32.2. The van der Waals surface area contributed by atoms with Crippen LogP contribution >= 0.6 is 11.3 Å². The molecule has 8 nitrogen and oxygen atoms in total. The number of rotatable bonds is 7. The number of nitrogens with one attached hydrogen (secondary N) is 1. The Morgan fingerprint density at radius 3 is 2.54 bits per heavy atom. The average molecular weight is 401 g/mol. The topological polar surface area (TPSA) is 90.0 Å². The van der Waals surface area contributed by atoms with Crippen molar-refractivity contribution in [2.45, 2.75) is 23.1 Å². The number of hydrogen-bond acceptors (Lipinski definition) is 6. The molecule has 1 aromatic heterocycles. The molecule has 0 aromatic carbocycles. The third-order valence-corrected chi connectivity index (χ3v) is 7.73. The summed E-state index contributed by atoms with van der Waals surface area (Å²) in [6.07, 6.45) is 2.13. The van der Waals surface area contributed by atoms with Gasteiger partial charge in [-0.05, 0) is 24.3 Å². The molecule has 2 aliphatic rings. The van der Waals surface area contributed by atoms with Gasteiger partial charge in [0.05, 0.1) is 13.1 Å². The maximum absolute atomic E-state index is 12.4. The lowest BCUT2D eigenvalue weighted by Gasteiger charge is -2.35. The third-order valence-electron chi connectivity index (χ3n) is 4.55. The van der Waals surface area contributed by atoms with Crippen molar-refractivity contribution in [2.24, 2.45) is 0 Å². The summed E-state index contributed by atoms with van der Waals surface area (Å²) < 4.78 is 26.1. The molecule has 26 heavy (non-hydrogen) atoms. The first-order chi connectivity index (χ1) is 12.4. The molecular weight excluding hydrogens is 376 g/mol. The van der Waals surface area contributed by atoms with E-state index >= 15 is 0 Å². The average Bonchev–Trinajstić information content (AvgIpc) is 3.23. The molecule has 2 amide bonds. The second-order valence-corrected chi connectivity index (χ2v) is 9.91. The normalized spacial score (nSPS) is 18.9. The van der Waals surface area contributed by atoms with Gasteiger partial charge in [0.25, 0.3) is 10.0 Å². The summed E-state index contributed by atoms with van der Waals surface area (Å²) in [6, 6.07) is 3.56. The molecule has 1 aliphatic carbocycles. The minimum Gasteiger partial charge on any atom is -0.352 e. The first kappa shape index (κ1) is 19.3. The van der Waals surface area contributed by atoms with Crippen molar-refractivity contribution in [3.05, 3.63) is 17.5 Å². The van der Waals surface area contributed by atoms with Crippen LogP contribution in [0, 0.1) is 0 Å². The quantitative estimate of drug-likeness (QED) is 0.684. The first-order valence-corrected chi connectivity index (χ1v) is 11.0. The van der Waals surface area contributed by atoms with Crippen LogP contribution < -0.4 is 5.32 Å². The van der Waals surface area contributed by atoms with Crippen molar-refractivity contribution >= 4 is 33.2 Å². The number of likely N-dealkylation sites (N-methyl/N-ethyl adjacent to an activating group) is 1. The fourth-order valence-electron chi connectivity index (χ4n) is 2.80. The number of nitrogens with zero attached hydrogens (tertiary/aromatic N) is 3.